The summed E-state index contributed by atoms with van der Waals surface area (Å²) in [5, 5.41) is 2.93. The predicted octanol–water partition coefficient (Wildman–Crippen LogP) is 1.60. The number of halogens is 1. The smallest absolute Gasteiger partial charge is 0.231 e. The summed E-state index contributed by atoms with van der Waals surface area (Å²) in [6.45, 7) is 5.46. The van der Waals surface area contributed by atoms with Gasteiger partial charge in [-0.3, -0.25) is 14.5 Å². The molecule has 25 heavy (non-hydrogen) atoms. The normalized spacial score (nSPS) is 19.2. The van der Waals surface area contributed by atoms with Gasteiger partial charge in [-0.1, -0.05) is 6.07 Å². The van der Waals surface area contributed by atoms with Crippen LogP contribution in [0.4, 0.5) is 4.39 Å². The monoisotopic (exact) mass is 351 g/mol. The highest BCUT2D eigenvalue weighted by Gasteiger charge is 2.27. The van der Waals surface area contributed by atoms with Crippen LogP contribution in [0, 0.1) is 11.7 Å². The molecule has 3 N–H and O–H groups in total. The van der Waals surface area contributed by atoms with Crippen LogP contribution in [-0.2, 0) is 9.59 Å². The number of piperidine rings is 1. The number of hydrogen-bond acceptors (Lipinski definition) is 4. The standard InChI is InChI=1S/C18H26FN3O3/c1-3-25-16-7-6-13(9-15(16)19)12(2)21-18(24)14-5-4-8-22(10-14)11-17(20)23/h6-7,9,12,14H,3-5,8,10-11H2,1-2H3,(H2,20,23)(H,21,24). The Hall–Kier alpha value is -2.15. The van der Waals surface area contributed by atoms with E-state index in [9.17, 15) is 14.0 Å². The van der Waals surface area contributed by atoms with Gasteiger partial charge >= 0.3 is 0 Å². The molecule has 1 aliphatic rings. The number of benzene rings is 1. The molecule has 2 atom stereocenters. The van der Waals surface area contributed by atoms with Gasteiger partial charge in [0.2, 0.25) is 11.8 Å². The van der Waals surface area contributed by atoms with Crippen molar-refractivity contribution in [3.05, 3.63) is 29.6 Å². The highest BCUT2D eigenvalue weighted by atomic mass is 19.1. The maximum Gasteiger partial charge on any atom is 0.231 e. The second-order valence-corrected chi connectivity index (χ2v) is 6.39. The Morgan fingerprint density at radius 2 is 2.24 bits per heavy atom. The first-order valence-electron chi connectivity index (χ1n) is 8.64. The lowest BCUT2D eigenvalue weighted by Gasteiger charge is -2.31. The molecule has 1 heterocycles. The minimum absolute atomic E-state index is 0.0871. The number of carbonyl (C=O) groups excluding carboxylic acids is 2. The highest BCUT2D eigenvalue weighted by Crippen LogP contribution is 2.23. The summed E-state index contributed by atoms with van der Waals surface area (Å²) in [4.78, 5) is 25.4. The van der Waals surface area contributed by atoms with E-state index >= 15 is 0 Å². The number of likely N-dealkylation sites (tertiary alicyclic amines) is 1. The molecule has 0 saturated carbocycles. The number of amides is 2. The molecule has 0 radical (unpaired) electrons. The first kappa shape index (κ1) is 19.2. The molecule has 7 heteroatoms. The number of rotatable bonds is 7. The zero-order valence-electron chi connectivity index (χ0n) is 14.8. The molecule has 1 fully saturated rings. The van der Waals surface area contributed by atoms with Gasteiger partial charge in [0.25, 0.3) is 0 Å². The lowest BCUT2D eigenvalue weighted by molar-refractivity contribution is -0.128. The van der Waals surface area contributed by atoms with Crippen molar-refractivity contribution in [3.8, 4) is 5.75 Å². The molecule has 0 aromatic heterocycles. The number of carbonyl (C=O) groups is 2. The van der Waals surface area contributed by atoms with E-state index in [-0.39, 0.29) is 36.1 Å². The quantitative estimate of drug-likeness (QED) is 0.781. The molecule has 1 aromatic rings. The van der Waals surface area contributed by atoms with Crippen molar-refractivity contribution in [1.29, 1.82) is 0 Å². The van der Waals surface area contributed by atoms with Gasteiger partial charge < -0.3 is 15.8 Å². The van der Waals surface area contributed by atoms with E-state index in [0.29, 0.717) is 18.7 Å². The Kier molecular flexibility index (Phi) is 6.75. The number of ether oxygens (including phenoxy) is 1. The van der Waals surface area contributed by atoms with E-state index in [0.717, 1.165) is 19.4 Å². The Labute approximate surface area is 147 Å². The van der Waals surface area contributed by atoms with Crippen LogP contribution in [0.25, 0.3) is 0 Å². The molecule has 0 aliphatic carbocycles. The van der Waals surface area contributed by atoms with E-state index in [4.69, 9.17) is 10.5 Å². The van der Waals surface area contributed by atoms with Crippen LogP contribution in [0.3, 0.4) is 0 Å². The zero-order chi connectivity index (χ0) is 18.4. The Morgan fingerprint density at radius 1 is 1.48 bits per heavy atom. The van der Waals surface area contributed by atoms with Gasteiger partial charge in [-0.25, -0.2) is 4.39 Å². The van der Waals surface area contributed by atoms with Gasteiger partial charge in [0.05, 0.1) is 25.1 Å². The maximum atomic E-state index is 14.0. The van der Waals surface area contributed by atoms with Crippen molar-refractivity contribution in [2.45, 2.75) is 32.7 Å². The van der Waals surface area contributed by atoms with Crippen molar-refractivity contribution in [1.82, 2.24) is 10.2 Å². The fourth-order valence-electron chi connectivity index (χ4n) is 3.11. The Bertz CT molecular complexity index is 624. The number of nitrogens with two attached hydrogens (primary N) is 1. The average Bonchev–Trinajstić information content (AvgIpc) is 2.56. The topological polar surface area (TPSA) is 84.7 Å². The first-order chi connectivity index (χ1) is 11.9. The van der Waals surface area contributed by atoms with Crippen LogP contribution in [0.5, 0.6) is 5.75 Å². The van der Waals surface area contributed by atoms with E-state index in [1.165, 1.54) is 6.07 Å². The highest BCUT2D eigenvalue weighted by molar-refractivity contribution is 5.80. The Balaban J connectivity index is 1.95. The molecule has 6 nitrogen and oxygen atoms in total. The summed E-state index contributed by atoms with van der Waals surface area (Å²) in [7, 11) is 0. The first-order valence-corrected chi connectivity index (χ1v) is 8.64. The fraction of sp³-hybridized carbons (Fsp3) is 0.556. The third kappa shape index (κ3) is 5.42. The minimum Gasteiger partial charge on any atom is -0.491 e. The van der Waals surface area contributed by atoms with Crippen molar-refractivity contribution in [2.75, 3.05) is 26.2 Å². The summed E-state index contributed by atoms with van der Waals surface area (Å²) in [6, 6.07) is 4.39. The number of hydrogen-bond donors (Lipinski definition) is 2. The molecular formula is C18H26FN3O3. The maximum absolute atomic E-state index is 14.0. The van der Waals surface area contributed by atoms with Crippen molar-refractivity contribution in [3.63, 3.8) is 0 Å². The molecule has 1 saturated heterocycles. The second-order valence-electron chi connectivity index (χ2n) is 6.39. The molecule has 2 unspecified atom stereocenters. The number of primary amides is 1. The van der Waals surface area contributed by atoms with Gasteiger partial charge in [0.15, 0.2) is 11.6 Å². The van der Waals surface area contributed by atoms with E-state index in [1.54, 1.807) is 19.1 Å². The van der Waals surface area contributed by atoms with Gasteiger partial charge in [-0.2, -0.15) is 0 Å². The molecule has 1 aromatic carbocycles. The average molecular weight is 351 g/mol. The molecule has 138 valence electrons. The predicted molar refractivity (Wildman–Crippen MR) is 92.5 cm³/mol. The largest absolute Gasteiger partial charge is 0.491 e. The lowest BCUT2D eigenvalue weighted by atomic mass is 9.96. The van der Waals surface area contributed by atoms with Crippen LogP contribution in [0.1, 0.15) is 38.3 Å². The third-order valence-corrected chi connectivity index (χ3v) is 4.37. The number of nitrogens with one attached hydrogen (secondary N) is 1. The van der Waals surface area contributed by atoms with Crippen LogP contribution in [0.2, 0.25) is 0 Å². The van der Waals surface area contributed by atoms with Crippen molar-refractivity contribution in [2.24, 2.45) is 11.7 Å². The lowest BCUT2D eigenvalue weighted by Crippen LogP contribution is -2.46. The molecular weight excluding hydrogens is 325 g/mol. The van der Waals surface area contributed by atoms with Crippen LogP contribution in [0.15, 0.2) is 18.2 Å². The van der Waals surface area contributed by atoms with Gasteiger partial charge in [0, 0.05) is 6.54 Å². The van der Waals surface area contributed by atoms with E-state index in [1.807, 2.05) is 11.8 Å². The molecule has 2 amide bonds. The summed E-state index contributed by atoms with van der Waals surface area (Å²) >= 11 is 0. The van der Waals surface area contributed by atoms with Crippen molar-refractivity contribution < 1.29 is 18.7 Å². The zero-order valence-corrected chi connectivity index (χ0v) is 14.8. The van der Waals surface area contributed by atoms with Gasteiger partial charge in [0.1, 0.15) is 0 Å². The van der Waals surface area contributed by atoms with E-state index in [2.05, 4.69) is 5.32 Å². The van der Waals surface area contributed by atoms with Crippen molar-refractivity contribution >= 4 is 11.8 Å². The summed E-state index contributed by atoms with van der Waals surface area (Å²) < 4.78 is 19.2. The van der Waals surface area contributed by atoms with Gasteiger partial charge in [-0.05, 0) is 50.9 Å². The SMILES string of the molecule is CCOc1ccc(C(C)NC(=O)C2CCCN(CC(N)=O)C2)cc1F. The molecule has 2 rings (SSSR count). The summed E-state index contributed by atoms with van der Waals surface area (Å²) in [5.74, 6) is -0.900. The van der Waals surface area contributed by atoms with Crippen LogP contribution < -0.4 is 15.8 Å². The van der Waals surface area contributed by atoms with Crippen LogP contribution in [-0.4, -0.2) is 43.0 Å². The molecule has 0 bridgehead atoms. The Morgan fingerprint density at radius 3 is 2.88 bits per heavy atom. The minimum atomic E-state index is -0.439. The van der Waals surface area contributed by atoms with Crippen LogP contribution >= 0.6 is 0 Å². The summed E-state index contributed by atoms with van der Waals surface area (Å²) in [6.07, 6.45) is 1.61. The second kappa shape index (κ2) is 8.80. The number of nitrogens with zero attached hydrogens (tertiary/aromatic N) is 1. The van der Waals surface area contributed by atoms with E-state index < -0.39 is 5.82 Å². The molecule has 0 spiro atoms. The fourth-order valence-corrected chi connectivity index (χ4v) is 3.11. The molecule has 1 aliphatic heterocycles. The third-order valence-electron chi connectivity index (χ3n) is 4.37. The van der Waals surface area contributed by atoms with Gasteiger partial charge in [-0.15, -0.1) is 0 Å². The summed E-state index contributed by atoms with van der Waals surface area (Å²) in [5.41, 5.74) is 5.90.